The molecule has 1 rings (SSSR count). The van der Waals surface area contributed by atoms with E-state index in [1.54, 1.807) is 0 Å². The molecule has 1 aliphatic heterocycles. The summed E-state index contributed by atoms with van der Waals surface area (Å²) in [5.74, 6) is -0.771. The van der Waals surface area contributed by atoms with E-state index in [0.29, 0.717) is 6.42 Å². The van der Waals surface area contributed by atoms with Crippen LogP contribution in [0, 0.1) is 5.92 Å². The summed E-state index contributed by atoms with van der Waals surface area (Å²) in [6.07, 6.45) is 1.47. The highest BCUT2D eigenvalue weighted by Gasteiger charge is 2.23. The molecule has 5 nitrogen and oxygen atoms in total. The number of hydrogen-bond donors (Lipinski definition) is 3. The first-order valence-corrected chi connectivity index (χ1v) is 4.86. The smallest absolute Gasteiger partial charge is 0.246 e. The van der Waals surface area contributed by atoms with Crippen LogP contribution in [0.5, 0.6) is 0 Å². The maximum atomic E-state index is 11.3. The Morgan fingerprint density at radius 2 is 2.33 bits per heavy atom. The van der Waals surface area contributed by atoms with Crippen LogP contribution in [0.3, 0.4) is 0 Å². The molecule has 1 heterocycles. The molecule has 88 valence electrons. The number of amides is 2. The molecular formula is C9H17ClN2O3. The van der Waals surface area contributed by atoms with Crippen molar-refractivity contribution in [3.8, 4) is 0 Å². The van der Waals surface area contributed by atoms with Crippen molar-refractivity contribution in [2.75, 3.05) is 6.54 Å². The molecule has 6 heteroatoms. The number of nitrogens with two attached hydrogens (primary N) is 1. The summed E-state index contributed by atoms with van der Waals surface area (Å²) in [6, 6.07) is 0. The minimum atomic E-state index is -1.12. The van der Waals surface area contributed by atoms with E-state index in [1.165, 1.54) is 0 Å². The van der Waals surface area contributed by atoms with Crippen LogP contribution in [0.2, 0.25) is 0 Å². The SMILES string of the molecule is Cl.NC(=O)C(O)CC[C@@H]1CCCNC1=O. The van der Waals surface area contributed by atoms with Crippen molar-refractivity contribution in [3.63, 3.8) is 0 Å². The summed E-state index contributed by atoms with van der Waals surface area (Å²) in [7, 11) is 0. The summed E-state index contributed by atoms with van der Waals surface area (Å²) in [4.78, 5) is 21.8. The van der Waals surface area contributed by atoms with Gasteiger partial charge in [0.05, 0.1) is 0 Å². The Labute approximate surface area is 94.8 Å². The van der Waals surface area contributed by atoms with Gasteiger partial charge >= 0.3 is 0 Å². The molecule has 1 saturated heterocycles. The van der Waals surface area contributed by atoms with E-state index in [0.717, 1.165) is 19.4 Å². The van der Waals surface area contributed by atoms with Crippen LogP contribution in [-0.2, 0) is 9.59 Å². The lowest BCUT2D eigenvalue weighted by Crippen LogP contribution is -2.37. The van der Waals surface area contributed by atoms with E-state index in [2.05, 4.69) is 5.32 Å². The van der Waals surface area contributed by atoms with Crippen LogP contribution in [0.25, 0.3) is 0 Å². The fraction of sp³-hybridized carbons (Fsp3) is 0.778. The average molecular weight is 237 g/mol. The Morgan fingerprint density at radius 1 is 1.67 bits per heavy atom. The molecule has 0 saturated carbocycles. The van der Waals surface area contributed by atoms with Gasteiger partial charge in [-0.05, 0) is 25.7 Å². The fourth-order valence-electron chi connectivity index (χ4n) is 1.61. The summed E-state index contributed by atoms with van der Waals surface area (Å²) < 4.78 is 0. The van der Waals surface area contributed by atoms with Gasteiger partial charge in [0.1, 0.15) is 6.10 Å². The van der Waals surface area contributed by atoms with Crippen LogP contribution in [0.4, 0.5) is 0 Å². The molecule has 0 bridgehead atoms. The van der Waals surface area contributed by atoms with Gasteiger partial charge in [-0.1, -0.05) is 0 Å². The summed E-state index contributed by atoms with van der Waals surface area (Å²) in [5, 5.41) is 11.9. The Balaban J connectivity index is 0.00000196. The molecule has 0 aromatic carbocycles. The normalized spacial score (nSPS) is 22.5. The number of aliphatic hydroxyl groups is 1. The third-order valence-corrected chi connectivity index (χ3v) is 2.52. The topological polar surface area (TPSA) is 92.4 Å². The van der Waals surface area contributed by atoms with Crippen molar-refractivity contribution >= 4 is 24.2 Å². The van der Waals surface area contributed by atoms with Crippen molar-refractivity contribution in [1.29, 1.82) is 0 Å². The number of rotatable bonds is 4. The van der Waals surface area contributed by atoms with E-state index >= 15 is 0 Å². The lowest BCUT2D eigenvalue weighted by Gasteiger charge is -2.22. The van der Waals surface area contributed by atoms with E-state index in [9.17, 15) is 9.59 Å². The summed E-state index contributed by atoms with van der Waals surface area (Å²) >= 11 is 0. The maximum absolute atomic E-state index is 11.3. The molecule has 2 amide bonds. The lowest BCUT2D eigenvalue weighted by molar-refractivity contribution is -0.129. The zero-order valence-electron chi connectivity index (χ0n) is 8.44. The summed E-state index contributed by atoms with van der Waals surface area (Å²) in [6.45, 7) is 0.730. The molecule has 4 N–H and O–H groups in total. The van der Waals surface area contributed by atoms with Gasteiger partial charge in [0, 0.05) is 12.5 Å². The van der Waals surface area contributed by atoms with Crippen LogP contribution >= 0.6 is 12.4 Å². The standard InChI is InChI=1S/C9H16N2O3.ClH/c10-8(13)7(12)4-3-6-2-1-5-11-9(6)14;/h6-7,12H,1-5H2,(H2,10,13)(H,11,14);1H/t6-,7?;/m0./s1. The number of carbonyl (C=O) groups excluding carboxylic acids is 2. The van der Waals surface area contributed by atoms with Crippen LogP contribution < -0.4 is 11.1 Å². The first-order chi connectivity index (χ1) is 6.61. The lowest BCUT2D eigenvalue weighted by atomic mass is 9.92. The molecule has 1 aliphatic rings. The van der Waals surface area contributed by atoms with Crippen molar-refractivity contribution < 1.29 is 14.7 Å². The minimum Gasteiger partial charge on any atom is -0.383 e. The molecule has 2 atom stereocenters. The predicted molar refractivity (Wildman–Crippen MR) is 57.4 cm³/mol. The fourth-order valence-corrected chi connectivity index (χ4v) is 1.61. The van der Waals surface area contributed by atoms with Gasteiger partial charge in [0.15, 0.2) is 0 Å². The van der Waals surface area contributed by atoms with Crippen LogP contribution in [-0.4, -0.2) is 29.6 Å². The zero-order valence-corrected chi connectivity index (χ0v) is 9.26. The van der Waals surface area contributed by atoms with Crippen molar-refractivity contribution in [2.24, 2.45) is 11.7 Å². The van der Waals surface area contributed by atoms with E-state index in [-0.39, 0.29) is 30.7 Å². The molecule has 0 aliphatic carbocycles. The third-order valence-electron chi connectivity index (χ3n) is 2.52. The molecule has 1 unspecified atom stereocenters. The summed E-state index contributed by atoms with van der Waals surface area (Å²) in [5.41, 5.74) is 4.90. The maximum Gasteiger partial charge on any atom is 0.246 e. The molecular weight excluding hydrogens is 220 g/mol. The van der Waals surface area contributed by atoms with Gasteiger partial charge in [0.2, 0.25) is 11.8 Å². The highest BCUT2D eigenvalue weighted by molar-refractivity contribution is 5.85. The highest BCUT2D eigenvalue weighted by Crippen LogP contribution is 2.17. The van der Waals surface area contributed by atoms with Gasteiger partial charge in [-0.3, -0.25) is 9.59 Å². The quantitative estimate of drug-likeness (QED) is 0.618. The van der Waals surface area contributed by atoms with Gasteiger partial charge < -0.3 is 16.2 Å². The first kappa shape index (κ1) is 14.2. The van der Waals surface area contributed by atoms with Gasteiger partial charge in [-0.2, -0.15) is 0 Å². The molecule has 0 aromatic rings. The average Bonchev–Trinajstić information content (AvgIpc) is 2.16. The molecule has 15 heavy (non-hydrogen) atoms. The number of halogens is 1. The highest BCUT2D eigenvalue weighted by atomic mass is 35.5. The second kappa shape index (κ2) is 6.63. The van der Waals surface area contributed by atoms with Gasteiger partial charge in [0.25, 0.3) is 0 Å². The Hall–Kier alpha value is -0.810. The van der Waals surface area contributed by atoms with E-state index < -0.39 is 12.0 Å². The van der Waals surface area contributed by atoms with E-state index in [4.69, 9.17) is 10.8 Å². The molecule has 0 spiro atoms. The zero-order chi connectivity index (χ0) is 10.6. The number of aliphatic hydroxyl groups excluding tert-OH is 1. The second-order valence-electron chi connectivity index (χ2n) is 3.63. The van der Waals surface area contributed by atoms with Crippen LogP contribution in [0.1, 0.15) is 25.7 Å². The third kappa shape index (κ3) is 4.48. The molecule has 0 radical (unpaired) electrons. The van der Waals surface area contributed by atoms with Crippen molar-refractivity contribution in [3.05, 3.63) is 0 Å². The number of hydrogen-bond acceptors (Lipinski definition) is 3. The number of piperidine rings is 1. The Bertz CT molecular complexity index is 235. The monoisotopic (exact) mass is 236 g/mol. The van der Waals surface area contributed by atoms with Gasteiger partial charge in [-0.15, -0.1) is 12.4 Å². The largest absolute Gasteiger partial charge is 0.383 e. The Morgan fingerprint density at radius 3 is 2.87 bits per heavy atom. The number of nitrogens with one attached hydrogen (secondary N) is 1. The number of carbonyl (C=O) groups is 2. The van der Waals surface area contributed by atoms with Crippen LogP contribution in [0.15, 0.2) is 0 Å². The molecule has 1 fully saturated rings. The van der Waals surface area contributed by atoms with Crippen molar-refractivity contribution in [2.45, 2.75) is 31.8 Å². The van der Waals surface area contributed by atoms with E-state index in [1.807, 2.05) is 0 Å². The first-order valence-electron chi connectivity index (χ1n) is 4.86. The second-order valence-corrected chi connectivity index (χ2v) is 3.63. The Kier molecular flexibility index (Phi) is 6.27. The minimum absolute atomic E-state index is 0. The van der Waals surface area contributed by atoms with Gasteiger partial charge in [-0.25, -0.2) is 0 Å². The van der Waals surface area contributed by atoms with Crippen molar-refractivity contribution in [1.82, 2.24) is 5.32 Å². The predicted octanol–water partition coefficient (Wildman–Crippen LogP) is -0.439. The molecule has 0 aromatic heterocycles. The number of primary amides is 1.